The lowest BCUT2D eigenvalue weighted by Crippen LogP contribution is -2.39. The molecule has 2 aliphatic rings. The monoisotopic (exact) mass is 575 g/mol. The van der Waals surface area contributed by atoms with Crippen LogP contribution in [0.15, 0.2) is 59.5 Å². The minimum absolute atomic E-state index is 0.0586. The molecule has 2 aromatic heterocycles. The van der Waals surface area contributed by atoms with Crippen molar-refractivity contribution in [2.24, 2.45) is 5.92 Å². The number of nitrogens with zero attached hydrogens (tertiary/aromatic N) is 2. The lowest BCUT2D eigenvalue weighted by Gasteiger charge is -2.25. The predicted molar refractivity (Wildman–Crippen MR) is 154 cm³/mol. The minimum atomic E-state index is -1.83. The van der Waals surface area contributed by atoms with E-state index < -0.39 is 28.8 Å². The zero-order valence-electron chi connectivity index (χ0n) is 22.9. The first-order chi connectivity index (χ1) is 19.4. The van der Waals surface area contributed by atoms with E-state index in [-0.39, 0.29) is 39.5 Å². The number of rotatable bonds is 5. The van der Waals surface area contributed by atoms with E-state index in [9.17, 15) is 19.1 Å². The van der Waals surface area contributed by atoms with E-state index in [1.54, 1.807) is 45.2 Å². The van der Waals surface area contributed by atoms with Gasteiger partial charge in [-0.25, -0.2) is 8.78 Å². The first kappa shape index (κ1) is 27.3. The fourth-order valence-corrected chi connectivity index (χ4v) is 6.20. The van der Waals surface area contributed by atoms with Crippen LogP contribution in [0.25, 0.3) is 16.9 Å². The van der Waals surface area contributed by atoms with Crippen molar-refractivity contribution in [1.29, 1.82) is 0 Å². The van der Waals surface area contributed by atoms with Crippen LogP contribution in [0.2, 0.25) is 5.02 Å². The molecule has 1 aliphatic carbocycles. The van der Waals surface area contributed by atoms with Gasteiger partial charge in [0.2, 0.25) is 0 Å². The number of halogens is 3. The van der Waals surface area contributed by atoms with Gasteiger partial charge in [-0.3, -0.25) is 19.1 Å². The number of carbonyl (C=O) groups excluding carboxylic acids is 1. The molecule has 2 aromatic carbocycles. The molecule has 4 aromatic rings. The number of carbonyl (C=O) groups is 1. The topological polar surface area (TPSA) is 84.2 Å². The van der Waals surface area contributed by atoms with Gasteiger partial charge in [0.1, 0.15) is 16.7 Å². The number of anilines is 1. The van der Waals surface area contributed by atoms with Gasteiger partial charge < -0.3 is 10.4 Å². The molecule has 0 spiro atoms. The van der Waals surface area contributed by atoms with Gasteiger partial charge >= 0.3 is 0 Å². The maximum atomic E-state index is 15.5. The molecule has 0 bridgehead atoms. The molecule has 1 fully saturated rings. The van der Waals surface area contributed by atoms with E-state index >= 15 is 4.39 Å². The minimum Gasteiger partial charge on any atom is -0.375 e. The quantitative estimate of drug-likeness (QED) is 0.284. The van der Waals surface area contributed by atoms with Crippen molar-refractivity contribution in [2.75, 3.05) is 5.32 Å². The molecule has 210 valence electrons. The number of aromatic nitrogens is 2. The van der Waals surface area contributed by atoms with E-state index in [4.69, 9.17) is 11.6 Å². The Morgan fingerprint density at radius 2 is 1.78 bits per heavy atom. The molecule has 0 saturated heterocycles. The summed E-state index contributed by atoms with van der Waals surface area (Å²) in [4.78, 5) is 30.6. The second-order valence-electron chi connectivity index (χ2n) is 11.3. The van der Waals surface area contributed by atoms with Gasteiger partial charge in [0.15, 0.2) is 5.60 Å². The Labute approximate surface area is 240 Å². The summed E-state index contributed by atoms with van der Waals surface area (Å²) in [5.74, 6) is -1.80. The van der Waals surface area contributed by atoms with Crippen LogP contribution in [-0.4, -0.2) is 20.6 Å². The largest absolute Gasteiger partial charge is 0.375 e. The highest BCUT2D eigenvalue weighted by molar-refractivity contribution is 6.31. The van der Waals surface area contributed by atoms with Gasteiger partial charge in [-0.2, -0.15) is 0 Å². The molecule has 3 heterocycles. The third-order valence-corrected chi connectivity index (χ3v) is 8.77. The predicted octanol–water partition coefficient (Wildman–Crippen LogP) is 6.51. The number of hydrogen-bond donors (Lipinski definition) is 2. The first-order valence-corrected chi connectivity index (χ1v) is 13.8. The summed E-state index contributed by atoms with van der Waals surface area (Å²) in [6.07, 6.45) is 2.37. The molecule has 1 aliphatic heterocycles. The average Bonchev–Trinajstić information content (AvgIpc) is 3.68. The average molecular weight is 576 g/mol. The van der Waals surface area contributed by atoms with E-state index in [0.717, 1.165) is 17.5 Å². The van der Waals surface area contributed by atoms with Crippen molar-refractivity contribution in [3.63, 3.8) is 0 Å². The number of hydrogen-bond acceptors (Lipinski definition) is 4. The highest BCUT2D eigenvalue weighted by Gasteiger charge is 2.48. The third-order valence-electron chi connectivity index (χ3n) is 8.39. The van der Waals surface area contributed by atoms with Crippen LogP contribution in [0.3, 0.4) is 0 Å². The number of nitrogens with one attached hydrogen (secondary N) is 1. The fourth-order valence-electron chi connectivity index (χ4n) is 5.92. The van der Waals surface area contributed by atoms with Crippen LogP contribution < -0.4 is 10.9 Å². The van der Waals surface area contributed by atoms with Crippen LogP contribution in [0, 0.1) is 31.4 Å². The third kappa shape index (κ3) is 4.28. The smallest absolute Gasteiger partial charge is 0.274 e. The Balaban J connectivity index is 1.39. The standard InChI is InChI=1S/C32H28ClF2N3O3/c1-15(2)32(41)24-12-25(35)23(11-27(24)37-31(32)40)26-13-28(16(3)14-36-26)38-17(4)9-22(29(33)30(38)39)21-10-20(21)18-5-7-19(34)8-6-18/h5-9,11-15,20-21,41H,10H2,1-4H3,(H,37,40)/t20-,21+,32+/m1/s1. The van der Waals surface area contributed by atoms with Crippen LogP contribution in [-0.2, 0) is 10.4 Å². The summed E-state index contributed by atoms with van der Waals surface area (Å²) < 4.78 is 30.3. The van der Waals surface area contributed by atoms with Crippen molar-refractivity contribution in [2.45, 2.75) is 51.6 Å². The summed E-state index contributed by atoms with van der Waals surface area (Å²) in [5, 5.41) is 13.8. The van der Waals surface area contributed by atoms with Crippen molar-refractivity contribution < 1.29 is 18.7 Å². The maximum Gasteiger partial charge on any atom is 0.274 e. The van der Waals surface area contributed by atoms with Crippen molar-refractivity contribution >= 4 is 23.2 Å². The highest BCUT2D eigenvalue weighted by atomic mass is 35.5. The van der Waals surface area contributed by atoms with E-state index in [1.165, 1.54) is 28.8 Å². The number of amides is 1. The van der Waals surface area contributed by atoms with Gasteiger partial charge in [0.05, 0.1) is 11.4 Å². The molecule has 6 rings (SSSR count). The lowest BCUT2D eigenvalue weighted by molar-refractivity contribution is -0.138. The van der Waals surface area contributed by atoms with Crippen LogP contribution in [0.4, 0.5) is 14.5 Å². The van der Waals surface area contributed by atoms with Crippen molar-refractivity contribution in [3.05, 3.63) is 110 Å². The fraction of sp³-hybridized carbons (Fsp3) is 0.281. The van der Waals surface area contributed by atoms with Crippen molar-refractivity contribution in [1.82, 2.24) is 9.55 Å². The molecule has 2 N–H and O–H groups in total. The molecule has 41 heavy (non-hydrogen) atoms. The van der Waals surface area contributed by atoms with Crippen LogP contribution >= 0.6 is 11.6 Å². The summed E-state index contributed by atoms with van der Waals surface area (Å²) in [5.41, 5.74) is 2.23. The maximum absolute atomic E-state index is 15.5. The van der Waals surface area contributed by atoms with Crippen LogP contribution in [0.1, 0.15) is 60.1 Å². The van der Waals surface area contributed by atoms with Gasteiger partial charge in [-0.05, 0) is 91.1 Å². The second-order valence-corrected chi connectivity index (χ2v) is 11.7. The summed E-state index contributed by atoms with van der Waals surface area (Å²) >= 11 is 6.66. The zero-order valence-corrected chi connectivity index (χ0v) is 23.7. The van der Waals surface area contributed by atoms with Gasteiger partial charge in [-0.15, -0.1) is 0 Å². The molecular formula is C32H28ClF2N3O3. The Bertz CT molecular complexity index is 1800. The number of fused-ring (bicyclic) bond motifs is 1. The molecule has 3 atom stereocenters. The second kappa shape index (κ2) is 9.60. The first-order valence-electron chi connectivity index (χ1n) is 13.4. The van der Waals surface area contributed by atoms with E-state index in [0.29, 0.717) is 22.6 Å². The number of pyridine rings is 2. The molecule has 0 unspecified atom stereocenters. The summed E-state index contributed by atoms with van der Waals surface area (Å²) in [6.45, 7) is 7.00. The molecule has 0 radical (unpaired) electrons. The van der Waals surface area contributed by atoms with Crippen molar-refractivity contribution in [3.8, 4) is 16.9 Å². The summed E-state index contributed by atoms with van der Waals surface area (Å²) in [7, 11) is 0. The molecule has 6 nitrogen and oxygen atoms in total. The van der Waals surface area contributed by atoms with E-state index in [2.05, 4.69) is 10.3 Å². The number of aryl methyl sites for hydroxylation is 2. The van der Waals surface area contributed by atoms with Crippen LogP contribution in [0.5, 0.6) is 0 Å². The normalized spacial score (nSPS) is 21.2. The molecule has 1 saturated carbocycles. The van der Waals surface area contributed by atoms with E-state index in [1.807, 2.05) is 13.0 Å². The molecular weight excluding hydrogens is 548 g/mol. The Hall–Kier alpha value is -3.88. The zero-order chi connectivity index (χ0) is 29.4. The number of aliphatic hydroxyl groups is 1. The Morgan fingerprint density at radius 3 is 2.46 bits per heavy atom. The summed E-state index contributed by atoms with van der Waals surface area (Å²) in [6, 6.07) is 12.5. The SMILES string of the molecule is Cc1cnc(-c2cc3c(cc2F)[C@@](O)(C(C)C)C(=O)N3)cc1-n1c(C)cc([C@H]2C[C@@H]2c2ccc(F)cc2)c(Cl)c1=O. The Morgan fingerprint density at radius 1 is 1.07 bits per heavy atom. The molecule has 1 amide bonds. The molecule has 9 heteroatoms. The van der Waals surface area contributed by atoms with Gasteiger partial charge in [0.25, 0.3) is 11.5 Å². The Kier molecular flexibility index (Phi) is 6.39. The number of benzene rings is 2. The van der Waals surface area contributed by atoms with Gasteiger partial charge in [0, 0.05) is 28.7 Å². The van der Waals surface area contributed by atoms with Gasteiger partial charge in [-0.1, -0.05) is 37.6 Å². The highest BCUT2D eigenvalue weighted by Crippen LogP contribution is 2.56. The lowest BCUT2D eigenvalue weighted by atomic mass is 9.84.